The zero-order valence-electron chi connectivity index (χ0n) is 6.82. The Morgan fingerprint density at radius 3 is 1.82 bits per heavy atom. The number of ether oxygens (including phenoxy) is 2. The zero-order chi connectivity index (χ0) is 8.27. The molecule has 2 unspecified atom stereocenters. The predicted molar refractivity (Wildman–Crippen MR) is 41.9 cm³/mol. The largest absolute Gasteiger partial charge is 0.345 e. The molecule has 0 amide bonds. The summed E-state index contributed by atoms with van der Waals surface area (Å²) in [5, 5.41) is 0. The lowest BCUT2D eigenvalue weighted by Crippen LogP contribution is -2.35. The van der Waals surface area contributed by atoms with Gasteiger partial charge in [0.2, 0.25) is 0 Å². The van der Waals surface area contributed by atoms with Crippen molar-refractivity contribution in [2.75, 3.05) is 13.1 Å². The third kappa shape index (κ3) is 1.90. The number of rotatable bonds is 3. The first-order valence-corrected chi connectivity index (χ1v) is 4.02. The van der Waals surface area contributed by atoms with E-state index < -0.39 is 0 Å². The highest BCUT2D eigenvalue weighted by Gasteiger charge is 2.32. The van der Waals surface area contributed by atoms with Crippen LogP contribution >= 0.6 is 0 Å². The Labute approximate surface area is 66.8 Å². The Morgan fingerprint density at radius 1 is 1.09 bits per heavy atom. The Hall–Kier alpha value is -0.160. The molecule has 1 fully saturated rings. The molecule has 0 aliphatic carbocycles. The van der Waals surface area contributed by atoms with Crippen molar-refractivity contribution >= 4 is 0 Å². The molecule has 11 heavy (non-hydrogen) atoms. The first kappa shape index (κ1) is 8.93. The Balaban J connectivity index is 2.41. The molecule has 0 aromatic heterocycles. The van der Waals surface area contributed by atoms with E-state index in [9.17, 15) is 0 Å². The van der Waals surface area contributed by atoms with Gasteiger partial charge in [-0.1, -0.05) is 6.92 Å². The van der Waals surface area contributed by atoms with E-state index in [1.165, 1.54) is 0 Å². The van der Waals surface area contributed by atoms with E-state index >= 15 is 0 Å². The first-order chi connectivity index (χ1) is 5.31. The van der Waals surface area contributed by atoms with Crippen LogP contribution in [-0.2, 0) is 9.47 Å². The van der Waals surface area contributed by atoms with E-state index in [0.29, 0.717) is 13.1 Å². The van der Waals surface area contributed by atoms with Crippen LogP contribution in [0.25, 0.3) is 0 Å². The van der Waals surface area contributed by atoms with Crippen molar-refractivity contribution in [3.05, 3.63) is 0 Å². The van der Waals surface area contributed by atoms with Gasteiger partial charge in [-0.2, -0.15) is 0 Å². The zero-order valence-corrected chi connectivity index (χ0v) is 6.82. The van der Waals surface area contributed by atoms with E-state index in [1.807, 2.05) is 6.92 Å². The maximum atomic E-state index is 5.46. The van der Waals surface area contributed by atoms with Crippen molar-refractivity contribution in [3.63, 3.8) is 0 Å². The molecule has 1 heterocycles. The summed E-state index contributed by atoms with van der Waals surface area (Å²) in [4.78, 5) is 0. The second kappa shape index (κ2) is 4.01. The van der Waals surface area contributed by atoms with E-state index in [2.05, 4.69) is 0 Å². The van der Waals surface area contributed by atoms with Gasteiger partial charge in [0.25, 0.3) is 0 Å². The molecule has 1 aliphatic rings. The van der Waals surface area contributed by atoms with Crippen molar-refractivity contribution in [1.82, 2.24) is 0 Å². The molecule has 0 saturated carbocycles. The molecule has 0 aromatic carbocycles. The number of hydrogen-bond donors (Lipinski definition) is 2. The van der Waals surface area contributed by atoms with Crippen molar-refractivity contribution in [2.24, 2.45) is 11.5 Å². The SMILES string of the molecule is CCC1OC(CN)C(CN)O1. The van der Waals surface area contributed by atoms with Crippen LogP contribution in [0.2, 0.25) is 0 Å². The topological polar surface area (TPSA) is 70.5 Å². The van der Waals surface area contributed by atoms with Gasteiger partial charge in [0.05, 0.1) is 0 Å². The number of hydrogen-bond acceptors (Lipinski definition) is 4. The van der Waals surface area contributed by atoms with Crippen LogP contribution < -0.4 is 11.5 Å². The van der Waals surface area contributed by atoms with Crippen LogP contribution in [0.15, 0.2) is 0 Å². The average molecular weight is 160 g/mol. The standard InChI is InChI=1S/C7H16N2O2/c1-2-7-10-5(3-8)6(4-9)11-7/h5-7H,2-4,8-9H2,1H3. The molecule has 4 heteroatoms. The fraction of sp³-hybridized carbons (Fsp3) is 1.00. The number of nitrogens with two attached hydrogens (primary N) is 2. The highest BCUT2D eigenvalue weighted by Crippen LogP contribution is 2.19. The molecule has 0 radical (unpaired) electrons. The van der Waals surface area contributed by atoms with Crippen LogP contribution in [0.5, 0.6) is 0 Å². The summed E-state index contributed by atoms with van der Waals surface area (Å²) in [5.74, 6) is 0. The molecule has 0 aromatic rings. The third-order valence-electron chi connectivity index (χ3n) is 1.87. The van der Waals surface area contributed by atoms with Crippen molar-refractivity contribution in [2.45, 2.75) is 31.8 Å². The van der Waals surface area contributed by atoms with Crippen LogP contribution in [-0.4, -0.2) is 31.6 Å². The molecule has 1 rings (SSSR count). The van der Waals surface area contributed by atoms with E-state index in [-0.39, 0.29) is 18.5 Å². The minimum absolute atomic E-state index is 0.00931. The second-order valence-corrected chi connectivity index (χ2v) is 2.66. The lowest BCUT2D eigenvalue weighted by Gasteiger charge is -2.11. The van der Waals surface area contributed by atoms with Crippen molar-refractivity contribution in [1.29, 1.82) is 0 Å². The van der Waals surface area contributed by atoms with Crippen LogP contribution in [0, 0.1) is 0 Å². The third-order valence-corrected chi connectivity index (χ3v) is 1.87. The van der Waals surface area contributed by atoms with Gasteiger partial charge in [-0.05, 0) is 6.42 Å². The highest BCUT2D eigenvalue weighted by molar-refractivity contribution is 4.78. The normalized spacial score (nSPS) is 37.9. The molecular weight excluding hydrogens is 144 g/mol. The van der Waals surface area contributed by atoms with Crippen LogP contribution in [0.4, 0.5) is 0 Å². The molecule has 1 saturated heterocycles. The molecule has 0 spiro atoms. The first-order valence-electron chi connectivity index (χ1n) is 4.02. The summed E-state index contributed by atoms with van der Waals surface area (Å²) in [7, 11) is 0. The summed E-state index contributed by atoms with van der Waals surface area (Å²) in [6.07, 6.45) is 0.736. The quantitative estimate of drug-likeness (QED) is 0.579. The van der Waals surface area contributed by atoms with E-state index in [0.717, 1.165) is 6.42 Å². The van der Waals surface area contributed by atoms with Gasteiger partial charge < -0.3 is 20.9 Å². The average Bonchev–Trinajstić information content (AvgIpc) is 2.46. The fourth-order valence-electron chi connectivity index (χ4n) is 1.20. The van der Waals surface area contributed by atoms with Crippen LogP contribution in [0.1, 0.15) is 13.3 Å². The predicted octanol–water partition coefficient (Wildman–Crippen LogP) is -0.576. The molecular formula is C7H16N2O2. The molecule has 1 aliphatic heterocycles. The van der Waals surface area contributed by atoms with E-state index in [4.69, 9.17) is 20.9 Å². The van der Waals surface area contributed by atoms with Gasteiger partial charge in [0.1, 0.15) is 12.2 Å². The smallest absolute Gasteiger partial charge is 0.158 e. The molecule has 2 atom stereocenters. The summed E-state index contributed by atoms with van der Waals surface area (Å²) in [6.45, 7) is 2.98. The maximum absolute atomic E-state index is 5.46. The Morgan fingerprint density at radius 2 is 1.55 bits per heavy atom. The van der Waals surface area contributed by atoms with Gasteiger partial charge in [0.15, 0.2) is 6.29 Å². The van der Waals surface area contributed by atoms with Gasteiger partial charge in [-0.25, -0.2) is 0 Å². The van der Waals surface area contributed by atoms with Crippen molar-refractivity contribution in [3.8, 4) is 0 Å². The van der Waals surface area contributed by atoms with Gasteiger partial charge >= 0.3 is 0 Å². The van der Waals surface area contributed by atoms with Gasteiger partial charge in [-0.15, -0.1) is 0 Å². The monoisotopic (exact) mass is 160 g/mol. The van der Waals surface area contributed by atoms with E-state index in [1.54, 1.807) is 0 Å². The molecule has 4 nitrogen and oxygen atoms in total. The van der Waals surface area contributed by atoms with Crippen molar-refractivity contribution < 1.29 is 9.47 Å². The fourth-order valence-corrected chi connectivity index (χ4v) is 1.20. The maximum Gasteiger partial charge on any atom is 0.158 e. The minimum Gasteiger partial charge on any atom is -0.345 e. The molecule has 4 N–H and O–H groups in total. The highest BCUT2D eigenvalue weighted by atomic mass is 16.7. The lowest BCUT2D eigenvalue weighted by atomic mass is 10.2. The molecule has 0 bridgehead atoms. The minimum atomic E-state index is -0.0999. The van der Waals surface area contributed by atoms with Crippen LogP contribution in [0.3, 0.4) is 0 Å². The summed E-state index contributed by atoms with van der Waals surface area (Å²) >= 11 is 0. The second-order valence-electron chi connectivity index (χ2n) is 2.66. The van der Waals surface area contributed by atoms with Gasteiger partial charge in [0, 0.05) is 13.1 Å². The van der Waals surface area contributed by atoms with Gasteiger partial charge in [-0.3, -0.25) is 0 Å². The molecule has 66 valence electrons. The summed E-state index contributed by atoms with van der Waals surface area (Å²) in [6, 6.07) is 0. The Bertz CT molecular complexity index is 109. The summed E-state index contributed by atoms with van der Waals surface area (Å²) < 4.78 is 10.9. The Kier molecular flexibility index (Phi) is 3.26. The summed E-state index contributed by atoms with van der Waals surface area (Å²) in [5.41, 5.74) is 10.9. The lowest BCUT2D eigenvalue weighted by molar-refractivity contribution is -0.0652.